The number of hydrogen-bond donors (Lipinski definition) is 1. The van der Waals surface area contributed by atoms with Crippen molar-refractivity contribution in [2.75, 3.05) is 6.54 Å². The molecule has 3 unspecified atom stereocenters. The summed E-state index contributed by atoms with van der Waals surface area (Å²) in [5, 5.41) is 15.7. The Bertz CT molecular complexity index is 387. The van der Waals surface area contributed by atoms with Crippen LogP contribution in [0.3, 0.4) is 0 Å². The van der Waals surface area contributed by atoms with E-state index in [2.05, 4.69) is 48.5 Å². The highest BCUT2D eigenvalue weighted by molar-refractivity contribution is 4.90. The Kier molecular flexibility index (Phi) is 4.91. The number of hydrogen-bond acceptors (Lipinski definition) is 4. The van der Waals surface area contributed by atoms with E-state index in [9.17, 15) is 0 Å². The van der Waals surface area contributed by atoms with Gasteiger partial charge < -0.3 is 5.32 Å². The second-order valence-corrected chi connectivity index (χ2v) is 6.53. The van der Waals surface area contributed by atoms with Gasteiger partial charge >= 0.3 is 0 Å². The van der Waals surface area contributed by atoms with Crippen LogP contribution in [0.15, 0.2) is 0 Å². The number of nitrogens with one attached hydrogen (secondary N) is 1. The molecule has 108 valence electrons. The molecule has 0 aliphatic heterocycles. The summed E-state index contributed by atoms with van der Waals surface area (Å²) in [5.41, 5.74) is 0. The quantitative estimate of drug-likeness (QED) is 0.858. The van der Waals surface area contributed by atoms with Crippen molar-refractivity contribution in [3.8, 4) is 0 Å². The van der Waals surface area contributed by atoms with Gasteiger partial charge in [-0.15, -0.1) is 5.10 Å². The third-order valence-corrected chi connectivity index (χ3v) is 4.01. The maximum atomic E-state index is 4.19. The summed E-state index contributed by atoms with van der Waals surface area (Å²) < 4.78 is 2.00. The van der Waals surface area contributed by atoms with Crippen LogP contribution >= 0.6 is 0 Å². The lowest BCUT2D eigenvalue weighted by Gasteiger charge is -2.16. The zero-order valence-corrected chi connectivity index (χ0v) is 12.6. The second kappa shape index (κ2) is 6.46. The van der Waals surface area contributed by atoms with E-state index in [1.807, 2.05) is 4.68 Å². The van der Waals surface area contributed by atoms with Gasteiger partial charge in [-0.2, -0.15) is 0 Å². The second-order valence-electron chi connectivity index (χ2n) is 6.53. The first kappa shape index (κ1) is 14.4. The molecule has 0 spiro atoms. The van der Waals surface area contributed by atoms with Gasteiger partial charge in [0, 0.05) is 6.54 Å². The molecule has 0 amide bonds. The molecule has 5 nitrogen and oxygen atoms in total. The molecule has 1 aliphatic carbocycles. The number of nitrogens with zero attached hydrogens (tertiary/aromatic N) is 4. The smallest absolute Gasteiger partial charge is 0.167 e. The van der Waals surface area contributed by atoms with Crippen molar-refractivity contribution in [2.24, 2.45) is 17.8 Å². The Hall–Kier alpha value is -0.970. The number of aromatic nitrogens is 4. The number of rotatable bonds is 6. The SMILES string of the molecule is CC(C)CNC(C)c1nnnn1CC1CCC(C)C1. The molecule has 1 aromatic heterocycles. The molecule has 19 heavy (non-hydrogen) atoms. The summed E-state index contributed by atoms with van der Waals surface area (Å²) in [4.78, 5) is 0. The van der Waals surface area contributed by atoms with E-state index < -0.39 is 0 Å². The summed E-state index contributed by atoms with van der Waals surface area (Å²) >= 11 is 0. The Balaban J connectivity index is 1.93. The van der Waals surface area contributed by atoms with E-state index in [-0.39, 0.29) is 6.04 Å². The van der Waals surface area contributed by atoms with Gasteiger partial charge in [-0.05, 0) is 54.5 Å². The van der Waals surface area contributed by atoms with Crippen LogP contribution in [-0.4, -0.2) is 26.8 Å². The van der Waals surface area contributed by atoms with E-state index in [0.717, 1.165) is 30.7 Å². The van der Waals surface area contributed by atoms with Crippen molar-refractivity contribution in [2.45, 2.75) is 59.5 Å². The third kappa shape index (κ3) is 4.00. The predicted molar refractivity (Wildman–Crippen MR) is 75.6 cm³/mol. The zero-order chi connectivity index (χ0) is 13.8. The Labute approximate surface area is 116 Å². The fourth-order valence-electron chi connectivity index (χ4n) is 2.89. The average molecular weight is 265 g/mol. The molecule has 1 aliphatic rings. The minimum atomic E-state index is 0.219. The van der Waals surface area contributed by atoms with Crippen molar-refractivity contribution in [3.63, 3.8) is 0 Å². The van der Waals surface area contributed by atoms with Crippen LogP contribution in [0.2, 0.25) is 0 Å². The topological polar surface area (TPSA) is 55.6 Å². The standard InChI is InChI=1S/C14H27N5/c1-10(2)8-15-12(4)14-16-17-18-19(14)9-13-6-5-11(3)7-13/h10-13,15H,5-9H2,1-4H3. The lowest BCUT2D eigenvalue weighted by atomic mass is 10.1. The van der Waals surface area contributed by atoms with E-state index in [1.165, 1.54) is 19.3 Å². The van der Waals surface area contributed by atoms with Gasteiger partial charge in [0.1, 0.15) is 0 Å². The van der Waals surface area contributed by atoms with Crippen LogP contribution in [0.5, 0.6) is 0 Å². The van der Waals surface area contributed by atoms with E-state index in [4.69, 9.17) is 0 Å². The molecule has 1 heterocycles. The summed E-state index contributed by atoms with van der Waals surface area (Å²) in [6.45, 7) is 10.9. The first-order valence-corrected chi connectivity index (χ1v) is 7.55. The normalized spacial score (nSPS) is 25.1. The van der Waals surface area contributed by atoms with Gasteiger partial charge in [0.15, 0.2) is 5.82 Å². The molecule has 0 bridgehead atoms. The first-order chi connectivity index (χ1) is 9.06. The maximum Gasteiger partial charge on any atom is 0.167 e. The van der Waals surface area contributed by atoms with Crippen LogP contribution in [-0.2, 0) is 6.54 Å². The highest BCUT2D eigenvalue weighted by atomic mass is 15.5. The van der Waals surface area contributed by atoms with Crippen LogP contribution in [0.25, 0.3) is 0 Å². The molecule has 1 saturated carbocycles. The Morgan fingerprint density at radius 2 is 2.11 bits per heavy atom. The van der Waals surface area contributed by atoms with E-state index in [1.54, 1.807) is 0 Å². The molecule has 2 rings (SSSR count). The minimum Gasteiger partial charge on any atom is -0.307 e. The lowest BCUT2D eigenvalue weighted by molar-refractivity contribution is 0.382. The fourth-order valence-corrected chi connectivity index (χ4v) is 2.89. The van der Waals surface area contributed by atoms with Crippen molar-refractivity contribution in [3.05, 3.63) is 5.82 Å². The molecule has 1 aromatic rings. The zero-order valence-electron chi connectivity index (χ0n) is 12.6. The van der Waals surface area contributed by atoms with Crippen LogP contribution in [0.4, 0.5) is 0 Å². The Morgan fingerprint density at radius 3 is 2.74 bits per heavy atom. The molecular formula is C14H27N5. The van der Waals surface area contributed by atoms with Crippen molar-refractivity contribution >= 4 is 0 Å². The summed E-state index contributed by atoms with van der Waals surface area (Å²) in [5.74, 6) is 3.22. The summed E-state index contributed by atoms with van der Waals surface area (Å²) in [6.07, 6.45) is 3.98. The molecule has 0 saturated heterocycles. The van der Waals surface area contributed by atoms with Gasteiger partial charge in [-0.25, -0.2) is 4.68 Å². The maximum absolute atomic E-state index is 4.19. The summed E-state index contributed by atoms with van der Waals surface area (Å²) in [7, 11) is 0. The minimum absolute atomic E-state index is 0.219. The van der Waals surface area contributed by atoms with Crippen molar-refractivity contribution < 1.29 is 0 Å². The van der Waals surface area contributed by atoms with Crippen molar-refractivity contribution in [1.82, 2.24) is 25.5 Å². The van der Waals surface area contributed by atoms with Gasteiger partial charge in [-0.3, -0.25) is 0 Å². The lowest BCUT2D eigenvalue weighted by Crippen LogP contribution is -2.26. The molecular weight excluding hydrogens is 238 g/mol. The van der Waals surface area contributed by atoms with Crippen LogP contribution in [0, 0.1) is 17.8 Å². The van der Waals surface area contributed by atoms with E-state index >= 15 is 0 Å². The van der Waals surface area contributed by atoms with Crippen LogP contribution in [0.1, 0.15) is 58.8 Å². The number of tetrazole rings is 1. The highest BCUT2D eigenvalue weighted by Gasteiger charge is 2.24. The molecule has 0 radical (unpaired) electrons. The van der Waals surface area contributed by atoms with Gasteiger partial charge in [0.25, 0.3) is 0 Å². The van der Waals surface area contributed by atoms with E-state index in [0.29, 0.717) is 5.92 Å². The van der Waals surface area contributed by atoms with Gasteiger partial charge in [0.2, 0.25) is 0 Å². The first-order valence-electron chi connectivity index (χ1n) is 7.55. The van der Waals surface area contributed by atoms with Crippen LogP contribution < -0.4 is 5.32 Å². The van der Waals surface area contributed by atoms with Crippen molar-refractivity contribution in [1.29, 1.82) is 0 Å². The molecule has 0 aromatic carbocycles. The van der Waals surface area contributed by atoms with Gasteiger partial charge in [0.05, 0.1) is 6.04 Å². The summed E-state index contributed by atoms with van der Waals surface area (Å²) in [6, 6.07) is 0.219. The molecule has 1 fully saturated rings. The molecule has 3 atom stereocenters. The largest absolute Gasteiger partial charge is 0.307 e. The highest BCUT2D eigenvalue weighted by Crippen LogP contribution is 2.31. The van der Waals surface area contributed by atoms with Gasteiger partial charge in [-0.1, -0.05) is 27.2 Å². The monoisotopic (exact) mass is 265 g/mol. The fraction of sp³-hybridized carbons (Fsp3) is 0.929. The molecule has 5 heteroatoms. The molecule has 1 N–H and O–H groups in total. The average Bonchev–Trinajstić information content (AvgIpc) is 2.96. The third-order valence-electron chi connectivity index (χ3n) is 4.01. The Morgan fingerprint density at radius 1 is 1.32 bits per heavy atom. The predicted octanol–water partition coefficient (Wildman–Crippen LogP) is 2.42.